The highest BCUT2D eigenvalue weighted by Gasteiger charge is 2.03. The highest BCUT2D eigenvalue weighted by molar-refractivity contribution is 8.00. The zero-order valence-electron chi connectivity index (χ0n) is 13.4. The zero-order chi connectivity index (χ0) is 16.8. The van der Waals surface area contributed by atoms with E-state index in [1.165, 1.54) is 17.3 Å². The van der Waals surface area contributed by atoms with Crippen LogP contribution in [-0.4, -0.2) is 17.9 Å². The number of benzene rings is 2. The second-order valence-electron chi connectivity index (χ2n) is 5.35. The average molecular weight is 347 g/mol. The van der Waals surface area contributed by atoms with Crippen molar-refractivity contribution in [3.8, 4) is 0 Å². The normalized spacial score (nSPS) is 11.0. The molecule has 5 heteroatoms. The average Bonchev–Trinajstić information content (AvgIpc) is 2.49. The van der Waals surface area contributed by atoms with Crippen molar-refractivity contribution in [3.63, 3.8) is 0 Å². The van der Waals surface area contributed by atoms with Gasteiger partial charge in [0.25, 0.3) is 0 Å². The first-order chi connectivity index (χ1) is 11.0. The van der Waals surface area contributed by atoms with Crippen molar-refractivity contribution in [1.82, 2.24) is 5.43 Å². The van der Waals surface area contributed by atoms with E-state index in [0.29, 0.717) is 10.8 Å². The number of halogens is 1. The van der Waals surface area contributed by atoms with Gasteiger partial charge in [0, 0.05) is 15.5 Å². The molecule has 0 aromatic heterocycles. The standard InChI is InChI=1S/C18H19ClN2OS/c1-12-8-13(2)17(14(3)9-12)10-20-21-18(22)11-23-16-6-4-15(19)5-7-16/h4-10H,11H2,1-3H3,(H,21,22)/b20-10-. The topological polar surface area (TPSA) is 41.5 Å². The molecule has 0 spiro atoms. The predicted octanol–water partition coefficient (Wildman–Crippen LogP) is 4.51. The number of nitrogens with zero attached hydrogens (tertiary/aromatic N) is 1. The molecule has 0 aliphatic heterocycles. The van der Waals surface area contributed by atoms with Crippen LogP contribution in [0.25, 0.3) is 0 Å². The van der Waals surface area contributed by atoms with Crippen molar-refractivity contribution in [2.24, 2.45) is 5.10 Å². The third kappa shape index (κ3) is 5.41. The zero-order valence-corrected chi connectivity index (χ0v) is 15.0. The van der Waals surface area contributed by atoms with Crippen LogP contribution in [0.1, 0.15) is 22.3 Å². The number of thioether (sulfide) groups is 1. The molecule has 0 saturated carbocycles. The van der Waals surface area contributed by atoms with Gasteiger partial charge >= 0.3 is 0 Å². The Labute approximate surface area is 146 Å². The molecule has 0 atom stereocenters. The predicted molar refractivity (Wildman–Crippen MR) is 98.6 cm³/mol. The fourth-order valence-corrected chi connectivity index (χ4v) is 3.09. The number of aryl methyl sites for hydroxylation is 3. The first-order valence-corrected chi connectivity index (χ1v) is 8.60. The van der Waals surface area contributed by atoms with E-state index < -0.39 is 0 Å². The Morgan fingerprint density at radius 2 is 1.78 bits per heavy atom. The van der Waals surface area contributed by atoms with Crippen LogP contribution in [0.5, 0.6) is 0 Å². The SMILES string of the molecule is Cc1cc(C)c(/C=N\NC(=O)CSc2ccc(Cl)cc2)c(C)c1. The van der Waals surface area contributed by atoms with Crippen LogP contribution in [-0.2, 0) is 4.79 Å². The summed E-state index contributed by atoms with van der Waals surface area (Å²) in [6, 6.07) is 11.6. The molecule has 1 amide bonds. The minimum absolute atomic E-state index is 0.136. The monoisotopic (exact) mass is 346 g/mol. The van der Waals surface area contributed by atoms with E-state index in [1.54, 1.807) is 6.21 Å². The van der Waals surface area contributed by atoms with Gasteiger partial charge in [-0.1, -0.05) is 29.3 Å². The Balaban J connectivity index is 1.88. The summed E-state index contributed by atoms with van der Waals surface area (Å²) in [7, 11) is 0. The van der Waals surface area contributed by atoms with Gasteiger partial charge in [-0.25, -0.2) is 5.43 Å². The van der Waals surface area contributed by atoms with Gasteiger partial charge in [-0.15, -0.1) is 11.8 Å². The van der Waals surface area contributed by atoms with Gasteiger partial charge in [-0.2, -0.15) is 5.10 Å². The molecule has 0 heterocycles. The number of amides is 1. The van der Waals surface area contributed by atoms with Gasteiger partial charge in [0.2, 0.25) is 5.91 Å². The van der Waals surface area contributed by atoms with Crippen molar-refractivity contribution >= 4 is 35.5 Å². The summed E-state index contributed by atoms with van der Waals surface area (Å²) < 4.78 is 0. The summed E-state index contributed by atoms with van der Waals surface area (Å²) in [6.07, 6.45) is 1.70. The minimum Gasteiger partial charge on any atom is -0.272 e. The number of carbonyl (C=O) groups is 1. The van der Waals surface area contributed by atoms with Crippen molar-refractivity contribution in [3.05, 3.63) is 63.7 Å². The van der Waals surface area contributed by atoms with E-state index in [-0.39, 0.29) is 5.91 Å². The molecular formula is C18H19ClN2OS. The second-order valence-corrected chi connectivity index (χ2v) is 6.83. The Bertz CT molecular complexity index is 703. The van der Waals surface area contributed by atoms with Crippen LogP contribution in [0.15, 0.2) is 46.4 Å². The lowest BCUT2D eigenvalue weighted by molar-refractivity contribution is -0.118. The van der Waals surface area contributed by atoms with E-state index in [9.17, 15) is 4.79 Å². The number of hydrogen-bond donors (Lipinski definition) is 1. The molecule has 0 fully saturated rings. The number of carbonyl (C=O) groups excluding carboxylic acids is 1. The summed E-state index contributed by atoms with van der Waals surface area (Å²) in [6.45, 7) is 6.15. The van der Waals surface area contributed by atoms with Crippen LogP contribution in [0.3, 0.4) is 0 Å². The maximum atomic E-state index is 11.8. The molecule has 0 saturated heterocycles. The maximum Gasteiger partial charge on any atom is 0.250 e. The smallest absolute Gasteiger partial charge is 0.250 e. The van der Waals surface area contributed by atoms with Crippen LogP contribution in [0.4, 0.5) is 0 Å². The summed E-state index contributed by atoms with van der Waals surface area (Å²) in [5.74, 6) is 0.175. The fourth-order valence-electron chi connectivity index (χ4n) is 2.28. The molecule has 23 heavy (non-hydrogen) atoms. The third-order valence-electron chi connectivity index (χ3n) is 3.30. The van der Waals surface area contributed by atoms with Crippen molar-refractivity contribution in [2.45, 2.75) is 25.7 Å². The van der Waals surface area contributed by atoms with E-state index in [2.05, 4.69) is 29.6 Å². The maximum absolute atomic E-state index is 11.8. The molecule has 2 rings (SSSR count). The number of rotatable bonds is 5. The van der Waals surface area contributed by atoms with Gasteiger partial charge < -0.3 is 0 Å². The Morgan fingerprint density at radius 1 is 1.17 bits per heavy atom. The van der Waals surface area contributed by atoms with Gasteiger partial charge in [0.15, 0.2) is 0 Å². The molecule has 1 N–H and O–H groups in total. The Hall–Kier alpha value is -1.78. The Kier molecular flexibility index (Phi) is 6.25. The lowest BCUT2D eigenvalue weighted by Gasteiger charge is -2.06. The van der Waals surface area contributed by atoms with E-state index in [1.807, 2.05) is 38.1 Å². The Morgan fingerprint density at radius 3 is 2.39 bits per heavy atom. The molecular weight excluding hydrogens is 328 g/mol. The van der Waals surface area contributed by atoms with Crippen LogP contribution in [0.2, 0.25) is 5.02 Å². The summed E-state index contributed by atoms with van der Waals surface area (Å²) >= 11 is 7.28. The summed E-state index contributed by atoms with van der Waals surface area (Å²) in [5.41, 5.74) is 7.13. The quantitative estimate of drug-likeness (QED) is 0.491. The highest BCUT2D eigenvalue weighted by atomic mass is 35.5. The van der Waals surface area contributed by atoms with E-state index in [0.717, 1.165) is 21.6 Å². The molecule has 3 nitrogen and oxygen atoms in total. The fraction of sp³-hybridized carbons (Fsp3) is 0.222. The lowest BCUT2D eigenvalue weighted by Crippen LogP contribution is -2.19. The molecule has 2 aromatic rings. The van der Waals surface area contributed by atoms with Crippen molar-refractivity contribution < 1.29 is 4.79 Å². The molecule has 0 aliphatic carbocycles. The highest BCUT2D eigenvalue weighted by Crippen LogP contribution is 2.20. The number of hydrogen-bond acceptors (Lipinski definition) is 3. The van der Waals surface area contributed by atoms with Gasteiger partial charge in [0.05, 0.1) is 12.0 Å². The van der Waals surface area contributed by atoms with E-state index in [4.69, 9.17) is 11.6 Å². The summed E-state index contributed by atoms with van der Waals surface area (Å²) in [5, 5.41) is 4.75. The third-order valence-corrected chi connectivity index (χ3v) is 4.57. The second kappa shape index (κ2) is 8.18. The molecule has 0 aliphatic rings. The van der Waals surface area contributed by atoms with Crippen LogP contribution in [0, 0.1) is 20.8 Å². The van der Waals surface area contributed by atoms with Gasteiger partial charge in [-0.3, -0.25) is 4.79 Å². The van der Waals surface area contributed by atoms with Crippen LogP contribution >= 0.6 is 23.4 Å². The molecule has 120 valence electrons. The molecule has 0 radical (unpaired) electrons. The molecule has 2 aromatic carbocycles. The van der Waals surface area contributed by atoms with Crippen molar-refractivity contribution in [2.75, 3.05) is 5.75 Å². The van der Waals surface area contributed by atoms with Gasteiger partial charge in [0.1, 0.15) is 0 Å². The first kappa shape index (κ1) is 17.6. The summed E-state index contributed by atoms with van der Waals surface area (Å²) in [4.78, 5) is 12.8. The minimum atomic E-state index is -0.136. The first-order valence-electron chi connectivity index (χ1n) is 7.24. The van der Waals surface area contributed by atoms with Gasteiger partial charge in [-0.05, 0) is 56.2 Å². The molecule has 0 unspecified atom stereocenters. The van der Waals surface area contributed by atoms with Crippen LogP contribution < -0.4 is 5.43 Å². The number of nitrogens with one attached hydrogen (secondary N) is 1. The van der Waals surface area contributed by atoms with E-state index >= 15 is 0 Å². The lowest BCUT2D eigenvalue weighted by atomic mass is 10.0. The largest absolute Gasteiger partial charge is 0.272 e. The van der Waals surface area contributed by atoms with Crippen molar-refractivity contribution in [1.29, 1.82) is 0 Å². The molecule has 0 bridgehead atoms. The number of hydrazone groups is 1.